The molecule has 1 N–H and O–H groups in total. The summed E-state index contributed by atoms with van der Waals surface area (Å²) in [5.41, 5.74) is 1.05. The van der Waals surface area contributed by atoms with Gasteiger partial charge in [0, 0.05) is 17.7 Å². The summed E-state index contributed by atoms with van der Waals surface area (Å²) in [5.74, 6) is 6.72. The SMILES string of the molecule is CC(C)(C)OC(=O)Nc1ccc(C#CCCCCCOc2ccc(F)cc2)cc1. The highest BCUT2D eigenvalue weighted by atomic mass is 19.1. The van der Waals surface area contributed by atoms with E-state index < -0.39 is 11.7 Å². The van der Waals surface area contributed by atoms with E-state index in [1.165, 1.54) is 12.1 Å². The second-order valence-corrected chi connectivity index (χ2v) is 7.62. The molecule has 0 heterocycles. The van der Waals surface area contributed by atoms with Crippen LogP contribution in [0.15, 0.2) is 48.5 Å². The fourth-order valence-corrected chi connectivity index (χ4v) is 2.44. The minimum atomic E-state index is -0.525. The lowest BCUT2D eigenvalue weighted by atomic mass is 10.1. The van der Waals surface area contributed by atoms with Crippen molar-refractivity contribution >= 4 is 11.8 Å². The summed E-state index contributed by atoms with van der Waals surface area (Å²) in [5, 5.41) is 2.70. The summed E-state index contributed by atoms with van der Waals surface area (Å²) in [6.45, 7) is 6.09. The summed E-state index contributed by atoms with van der Waals surface area (Å²) in [6.07, 6.45) is 3.30. The molecule has 0 radical (unpaired) electrons. The van der Waals surface area contributed by atoms with Crippen LogP contribution in [0.4, 0.5) is 14.9 Å². The monoisotopic (exact) mass is 397 g/mol. The number of ether oxygens (including phenoxy) is 2. The minimum Gasteiger partial charge on any atom is -0.494 e. The number of carbonyl (C=O) groups is 1. The van der Waals surface area contributed by atoms with Gasteiger partial charge in [-0.2, -0.15) is 0 Å². The second-order valence-electron chi connectivity index (χ2n) is 7.62. The fraction of sp³-hybridized carbons (Fsp3) is 0.375. The van der Waals surface area contributed by atoms with Crippen molar-refractivity contribution in [1.29, 1.82) is 0 Å². The zero-order valence-electron chi connectivity index (χ0n) is 17.3. The highest BCUT2D eigenvalue weighted by Crippen LogP contribution is 2.13. The van der Waals surface area contributed by atoms with E-state index in [2.05, 4.69) is 17.2 Å². The van der Waals surface area contributed by atoms with Crippen LogP contribution < -0.4 is 10.1 Å². The Morgan fingerprint density at radius 3 is 2.34 bits per heavy atom. The van der Waals surface area contributed by atoms with E-state index in [-0.39, 0.29) is 5.82 Å². The highest BCUT2D eigenvalue weighted by molar-refractivity contribution is 5.84. The lowest BCUT2D eigenvalue weighted by Crippen LogP contribution is -2.27. The largest absolute Gasteiger partial charge is 0.494 e. The Morgan fingerprint density at radius 1 is 1.00 bits per heavy atom. The molecule has 2 aromatic carbocycles. The molecule has 1 amide bonds. The minimum absolute atomic E-state index is 0.259. The van der Waals surface area contributed by atoms with Crippen LogP contribution in [0.1, 0.15) is 52.0 Å². The van der Waals surface area contributed by atoms with E-state index in [9.17, 15) is 9.18 Å². The number of amides is 1. The molecule has 0 aliphatic rings. The molecule has 5 heteroatoms. The third-order valence-corrected chi connectivity index (χ3v) is 3.79. The van der Waals surface area contributed by atoms with Crippen molar-refractivity contribution in [3.63, 3.8) is 0 Å². The molecule has 0 bridgehead atoms. The molecule has 0 aromatic heterocycles. The average molecular weight is 397 g/mol. The van der Waals surface area contributed by atoms with Crippen molar-refractivity contribution in [3.05, 3.63) is 59.9 Å². The van der Waals surface area contributed by atoms with Crippen LogP contribution in [0.3, 0.4) is 0 Å². The van der Waals surface area contributed by atoms with E-state index in [0.29, 0.717) is 18.0 Å². The van der Waals surface area contributed by atoms with E-state index in [0.717, 1.165) is 31.2 Å². The van der Waals surface area contributed by atoms with Gasteiger partial charge in [0.05, 0.1) is 6.61 Å². The first kappa shape index (κ1) is 22.3. The maximum absolute atomic E-state index is 12.8. The van der Waals surface area contributed by atoms with Gasteiger partial charge in [-0.25, -0.2) is 9.18 Å². The van der Waals surface area contributed by atoms with Crippen LogP contribution in [-0.4, -0.2) is 18.3 Å². The second kappa shape index (κ2) is 11.1. The number of carbonyl (C=O) groups excluding carboxylic acids is 1. The first-order chi connectivity index (χ1) is 13.8. The van der Waals surface area contributed by atoms with E-state index in [4.69, 9.17) is 9.47 Å². The summed E-state index contributed by atoms with van der Waals surface area (Å²) in [4.78, 5) is 11.7. The van der Waals surface area contributed by atoms with Crippen molar-refractivity contribution in [2.45, 2.75) is 52.1 Å². The average Bonchev–Trinajstić information content (AvgIpc) is 2.65. The van der Waals surface area contributed by atoms with Crippen molar-refractivity contribution in [1.82, 2.24) is 0 Å². The van der Waals surface area contributed by atoms with Gasteiger partial charge < -0.3 is 9.47 Å². The molecule has 0 saturated carbocycles. The molecule has 0 fully saturated rings. The van der Waals surface area contributed by atoms with Gasteiger partial charge in [-0.15, -0.1) is 0 Å². The van der Waals surface area contributed by atoms with Crippen LogP contribution in [0.5, 0.6) is 5.75 Å². The summed E-state index contributed by atoms with van der Waals surface area (Å²) >= 11 is 0. The predicted octanol–water partition coefficient (Wildman–Crippen LogP) is 6.16. The predicted molar refractivity (Wildman–Crippen MR) is 114 cm³/mol. The molecule has 0 saturated heterocycles. The topological polar surface area (TPSA) is 47.6 Å². The lowest BCUT2D eigenvalue weighted by Gasteiger charge is -2.19. The Hall–Kier alpha value is -3.00. The number of hydrogen-bond donors (Lipinski definition) is 1. The zero-order chi connectivity index (χ0) is 21.1. The molecule has 4 nitrogen and oxygen atoms in total. The van der Waals surface area contributed by atoms with Gasteiger partial charge in [-0.1, -0.05) is 11.8 Å². The Balaban J connectivity index is 1.62. The van der Waals surface area contributed by atoms with Crippen LogP contribution >= 0.6 is 0 Å². The molecule has 0 aliphatic heterocycles. The number of nitrogens with one attached hydrogen (secondary N) is 1. The molecule has 2 rings (SSSR count). The number of benzene rings is 2. The van der Waals surface area contributed by atoms with Crippen LogP contribution in [0.2, 0.25) is 0 Å². The number of anilines is 1. The third kappa shape index (κ3) is 9.66. The zero-order valence-corrected chi connectivity index (χ0v) is 17.3. The number of hydrogen-bond acceptors (Lipinski definition) is 3. The maximum atomic E-state index is 12.8. The van der Waals surface area contributed by atoms with Gasteiger partial charge in [-0.3, -0.25) is 5.32 Å². The van der Waals surface area contributed by atoms with Gasteiger partial charge in [0.15, 0.2) is 0 Å². The first-order valence-electron chi connectivity index (χ1n) is 9.79. The number of halogens is 1. The molecule has 29 heavy (non-hydrogen) atoms. The van der Waals surface area contributed by atoms with Gasteiger partial charge in [0.25, 0.3) is 0 Å². The fourth-order valence-electron chi connectivity index (χ4n) is 2.44. The third-order valence-electron chi connectivity index (χ3n) is 3.79. The van der Waals surface area contributed by atoms with E-state index in [1.807, 2.05) is 32.9 Å². The van der Waals surface area contributed by atoms with E-state index >= 15 is 0 Å². The smallest absolute Gasteiger partial charge is 0.412 e. The number of rotatable bonds is 7. The molecular weight excluding hydrogens is 369 g/mol. The molecule has 154 valence electrons. The van der Waals surface area contributed by atoms with Crippen LogP contribution in [-0.2, 0) is 4.74 Å². The Bertz CT molecular complexity index is 828. The summed E-state index contributed by atoms with van der Waals surface area (Å²) in [7, 11) is 0. The van der Waals surface area contributed by atoms with E-state index in [1.54, 1.807) is 24.3 Å². The Labute approximate surface area is 172 Å². The normalized spacial score (nSPS) is 10.6. The lowest BCUT2D eigenvalue weighted by molar-refractivity contribution is 0.0636. The molecule has 0 unspecified atom stereocenters. The van der Waals surface area contributed by atoms with Gasteiger partial charge in [0.1, 0.15) is 17.2 Å². The first-order valence-corrected chi connectivity index (χ1v) is 9.79. The maximum Gasteiger partial charge on any atom is 0.412 e. The van der Waals surface area contributed by atoms with Crippen molar-refractivity contribution < 1.29 is 18.7 Å². The van der Waals surface area contributed by atoms with Crippen LogP contribution in [0, 0.1) is 17.7 Å². The van der Waals surface area contributed by atoms with Crippen LogP contribution in [0.25, 0.3) is 0 Å². The quantitative estimate of drug-likeness (QED) is 0.449. The van der Waals surface area contributed by atoms with Crippen molar-refractivity contribution in [2.24, 2.45) is 0 Å². The Kier molecular flexibility index (Phi) is 8.54. The summed E-state index contributed by atoms with van der Waals surface area (Å²) < 4.78 is 23.6. The molecule has 2 aromatic rings. The van der Waals surface area contributed by atoms with Gasteiger partial charge in [-0.05, 0) is 88.6 Å². The molecular formula is C24H28FNO3. The number of unbranched alkanes of at least 4 members (excludes halogenated alkanes) is 3. The molecule has 0 spiro atoms. The standard InChI is InChI=1S/C24H28FNO3/c1-24(2,3)29-23(27)26-21-14-10-19(11-15-21)9-7-5-4-6-8-18-28-22-16-12-20(25)13-17-22/h10-17H,4-6,8,18H2,1-3H3,(H,26,27). The summed E-state index contributed by atoms with van der Waals surface area (Å²) in [6, 6.07) is 13.4. The highest BCUT2D eigenvalue weighted by Gasteiger charge is 2.15. The van der Waals surface area contributed by atoms with Gasteiger partial charge in [0.2, 0.25) is 0 Å². The Morgan fingerprint density at radius 2 is 1.69 bits per heavy atom. The van der Waals surface area contributed by atoms with Gasteiger partial charge >= 0.3 is 6.09 Å². The van der Waals surface area contributed by atoms with Crippen molar-refractivity contribution in [2.75, 3.05) is 11.9 Å². The van der Waals surface area contributed by atoms with Crippen molar-refractivity contribution in [3.8, 4) is 17.6 Å². The molecule has 0 aliphatic carbocycles. The molecule has 0 atom stereocenters.